The van der Waals surface area contributed by atoms with E-state index in [9.17, 15) is 5.11 Å². The van der Waals surface area contributed by atoms with Crippen molar-refractivity contribution in [3.63, 3.8) is 0 Å². The maximum absolute atomic E-state index is 10.3. The predicted octanol–water partition coefficient (Wildman–Crippen LogP) is 1.61. The van der Waals surface area contributed by atoms with E-state index in [1.54, 1.807) is 0 Å². The van der Waals surface area contributed by atoms with Crippen molar-refractivity contribution in [2.75, 3.05) is 32.8 Å². The Morgan fingerprint density at radius 2 is 2.00 bits per heavy atom. The van der Waals surface area contributed by atoms with E-state index in [1.165, 1.54) is 5.56 Å². The number of hydrogen-bond donors (Lipinski definition) is 1. The second kappa shape index (κ2) is 5.39. The number of benzene rings is 1. The minimum atomic E-state index is -0.262. The predicted molar refractivity (Wildman–Crippen MR) is 70.5 cm³/mol. The number of rotatable bonds is 3. The molecule has 1 saturated heterocycles. The number of morpholine rings is 1. The van der Waals surface area contributed by atoms with E-state index in [0.29, 0.717) is 5.92 Å². The lowest BCUT2D eigenvalue weighted by Crippen LogP contribution is -2.37. The molecule has 0 spiro atoms. The van der Waals surface area contributed by atoms with Gasteiger partial charge < -0.3 is 9.84 Å². The minimum absolute atomic E-state index is 0.262. The average Bonchev–Trinajstić information content (AvgIpc) is 2.75. The van der Waals surface area contributed by atoms with E-state index >= 15 is 0 Å². The summed E-state index contributed by atoms with van der Waals surface area (Å²) in [5.41, 5.74) is 2.47. The molecule has 0 aromatic heterocycles. The highest BCUT2D eigenvalue weighted by Crippen LogP contribution is 2.37. The van der Waals surface area contributed by atoms with Gasteiger partial charge in [-0.05, 0) is 36.4 Å². The van der Waals surface area contributed by atoms with Crippen molar-refractivity contribution in [3.8, 4) is 0 Å². The Morgan fingerprint density at radius 3 is 2.78 bits per heavy atom. The molecule has 2 aliphatic rings. The molecule has 98 valence electrons. The Hall–Kier alpha value is -0.900. The fourth-order valence-electron chi connectivity index (χ4n) is 3.09. The maximum atomic E-state index is 10.3. The Morgan fingerprint density at radius 1 is 1.22 bits per heavy atom. The number of hydrogen-bond acceptors (Lipinski definition) is 3. The molecular formula is C15H21NO2. The van der Waals surface area contributed by atoms with Crippen LogP contribution in [-0.2, 0) is 11.2 Å². The molecule has 1 aromatic carbocycles. The smallest absolute Gasteiger partial charge is 0.0824 e. The van der Waals surface area contributed by atoms with Crippen molar-refractivity contribution in [1.82, 2.24) is 4.90 Å². The Labute approximate surface area is 108 Å². The van der Waals surface area contributed by atoms with Crippen molar-refractivity contribution in [2.45, 2.75) is 18.9 Å². The Bertz CT molecular complexity index is 401. The van der Waals surface area contributed by atoms with E-state index in [-0.39, 0.29) is 6.10 Å². The summed E-state index contributed by atoms with van der Waals surface area (Å²) >= 11 is 0. The summed E-state index contributed by atoms with van der Waals surface area (Å²) < 4.78 is 5.35. The molecule has 2 atom stereocenters. The zero-order valence-electron chi connectivity index (χ0n) is 10.7. The first-order valence-electron chi connectivity index (χ1n) is 6.90. The molecule has 1 aliphatic carbocycles. The van der Waals surface area contributed by atoms with E-state index in [0.717, 1.165) is 51.3 Å². The highest BCUT2D eigenvalue weighted by molar-refractivity contribution is 5.34. The molecule has 1 aliphatic heterocycles. The lowest BCUT2D eigenvalue weighted by Gasteiger charge is -2.28. The van der Waals surface area contributed by atoms with Gasteiger partial charge in [-0.2, -0.15) is 0 Å². The maximum Gasteiger partial charge on any atom is 0.0824 e. The molecule has 1 N–H and O–H groups in total. The van der Waals surface area contributed by atoms with E-state index in [2.05, 4.69) is 23.1 Å². The molecule has 1 heterocycles. The summed E-state index contributed by atoms with van der Waals surface area (Å²) in [5.74, 6) is 0.394. The number of fused-ring (bicyclic) bond motifs is 1. The first kappa shape index (κ1) is 12.2. The van der Waals surface area contributed by atoms with Crippen molar-refractivity contribution < 1.29 is 9.84 Å². The number of nitrogens with zero attached hydrogens (tertiary/aromatic N) is 1. The quantitative estimate of drug-likeness (QED) is 0.881. The third kappa shape index (κ3) is 2.44. The molecular weight excluding hydrogens is 226 g/mol. The summed E-state index contributed by atoms with van der Waals surface area (Å²) in [6, 6.07) is 8.30. The molecule has 3 rings (SSSR count). The molecule has 2 unspecified atom stereocenters. The number of ether oxygens (including phenoxy) is 1. The topological polar surface area (TPSA) is 32.7 Å². The van der Waals surface area contributed by atoms with Crippen molar-refractivity contribution in [2.24, 2.45) is 5.92 Å². The standard InChI is InChI=1S/C15H21NO2/c17-15-13(5-6-16-7-9-18-10-8-16)11-12-3-1-2-4-14(12)15/h1-4,13,15,17H,5-11H2. The van der Waals surface area contributed by atoms with Crippen LogP contribution >= 0.6 is 0 Å². The second-order valence-electron chi connectivity index (χ2n) is 5.35. The minimum Gasteiger partial charge on any atom is -0.388 e. The third-order valence-electron chi connectivity index (χ3n) is 4.22. The van der Waals surface area contributed by atoms with Gasteiger partial charge in [0, 0.05) is 13.1 Å². The van der Waals surface area contributed by atoms with Gasteiger partial charge in [-0.25, -0.2) is 0 Å². The van der Waals surface area contributed by atoms with Gasteiger partial charge in [-0.1, -0.05) is 24.3 Å². The van der Waals surface area contributed by atoms with Gasteiger partial charge in [0.15, 0.2) is 0 Å². The lowest BCUT2D eigenvalue weighted by atomic mass is 9.99. The fraction of sp³-hybridized carbons (Fsp3) is 0.600. The van der Waals surface area contributed by atoms with Crippen LogP contribution in [0.1, 0.15) is 23.7 Å². The van der Waals surface area contributed by atoms with Crippen LogP contribution in [0.2, 0.25) is 0 Å². The summed E-state index contributed by atoms with van der Waals surface area (Å²) in [6.07, 6.45) is 1.85. The molecule has 18 heavy (non-hydrogen) atoms. The highest BCUT2D eigenvalue weighted by Gasteiger charge is 2.30. The molecule has 0 radical (unpaired) electrons. The normalized spacial score (nSPS) is 28.3. The number of aliphatic hydroxyl groups is 1. The van der Waals surface area contributed by atoms with E-state index in [4.69, 9.17) is 4.74 Å². The van der Waals surface area contributed by atoms with Crippen LogP contribution in [-0.4, -0.2) is 42.9 Å². The van der Waals surface area contributed by atoms with Gasteiger partial charge in [0.1, 0.15) is 0 Å². The monoisotopic (exact) mass is 247 g/mol. The van der Waals surface area contributed by atoms with Crippen molar-refractivity contribution >= 4 is 0 Å². The molecule has 3 heteroatoms. The molecule has 0 amide bonds. The SMILES string of the molecule is OC1c2ccccc2CC1CCN1CCOCC1. The van der Waals surface area contributed by atoms with Crippen LogP contribution in [0.5, 0.6) is 0 Å². The molecule has 0 saturated carbocycles. The summed E-state index contributed by atoms with van der Waals surface area (Å²) in [4.78, 5) is 2.44. The summed E-state index contributed by atoms with van der Waals surface area (Å²) in [5, 5.41) is 10.3. The van der Waals surface area contributed by atoms with E-state index < -0.39 is 0 Å². The highest BCUT2D eigenvalue weighted by atomic mass is 16.5. The molecule has 1 fully saturated rings. The zero-order chi connectivity index (χ0) is 12.4. The number of aliphatic hydroxyl groups excluding tert-OH is 1. The van der Waals surface area contributed by atoms with Gasteiger partial charge in [-0.15, -0.1) is 0 Å². The Kier molecular flexibility index (Phi) is 3.64. The van der Waals surface area contributed by atoms with Gasteiger partial charge in [0.2, 0.25) is 0 Å². The van der Waals surface area contributed by atoms with Crippen LogP contribution in [0.25, 0.3) is 0 Å². The average molecular weight is 247 g/mol. The molecule has 0 bridgehead atoms. The second-order valence-corrected chi connectivity index (χ2v) is 5.35. The molecule has 3 nitrogen and oxygen atoms in total. The summed E-state index contributed by atoms with van der Waals surface area (Å²) in [6.45, 7) is 4.87. The van der Waals surface area contributed by atoms with Crippen LogP contribution in [0, 0.1) is 5.92 Å². The lowest BCUT2D eigenvalue weighted by molar-refractivity contribution is 0.0303. The Balaban J connectivity index is 1.56. The van der Waals surface area contributed by atoms with Crippen molar-refractivity contribution in [1.29, 1.82) is 0 Å². The first-order chi connectivity index (χ1) is 8.84. The van der Waals surface area contributed by atoms with Gasteiger partial charge in [-0.3, -0.25) is 4.90 Å². The van der Waals surface area contributed by atoms with Gasteiger partial charge >= 0.3 is 0 Å². The van der Waals surface area contributed by atoms with Crippen LogP contribution in [0.3, 0.4) is 0 Å². The van der Waals surface area contributed by atoms with Crippen LogP contribution in [0.15, 0.2) is 24.3 Å². The van der Waals surface area contributed by atoms with Crippen LogP contribution < -0.4 is 0 Å². The van der Waals surface area contributed by atoms with E-state index in [1.807, 2.05) is 6.07 Å². The van der Waals surface area contributed by atoms with Gasteiger partial charge in [0.05, 0.1) is 19.3 Å². The van der Waals surface area contributed by atoms with Gasteiger partial charge in [0.25, 0.3) is 0 Å². The largest absolute Gasteiger partial charge is 0.388 e. The zero-order valence-corrected chi connectivity index (χ0v) is 10.7. The third-order valence-corrected chi connectivity index (χ3v) is 4.22. The first-order valence-corrected chi connectivity index (χ1v) is 6.90. The van der Waals surface area contributed by atoms with Crippen molar-refractivity contribution in [3.05, 3.63) is 35.4 Å². The fourth-order valence-corrected chi connectivity index (χ4v) is 3.09. The summed E-state index contributed by atoms with van der Waals surface area (Å²) in [7, 11) is 0. The van der Waals surface area contributed by atoms with Crippen LogP contribution in [0.4, 0.5) is 0 Å². The molecule has 1 aromatic rings.